The lowest BCUT2D eigenvalue weighted by atomic mass is 10.1. The van der Waals surface area contributed by atoms with Gasteiger partial charge in [0.15, 0.2) is 0 Å². The highest BCUT2D eigenvalue weighted by Gasteiger charge is 2.09. The van der Waals surface area contributed by atoms with Gasteiger partial charge < -0.3 is 0 Å². The molecule has 0 bridgehead atoms. The molecule has 0 unspecified atom stereocenters. The molecule has 3 aromatic rings. The van der Waals surface area contributed by atoms with Crippen molar-refractivity contribution >= 4 is 50.5 Å². The van der Waals surface area contributed by atoms with Crippen molar-refractivity contribution in [1.82, 2.24) is 4.98 Å². The van der Waals surface area contributed by atoms with Gasteiger partial charge in [-0.05, 0) is 35.9 Å². The van der Waals surface area contributed by atoms with E-state index in [2.05, 4.69) is 27.0 Å². The lowest BCUT2D eigenvalue weighted by Gasteiger charge is -1.97. The maximum absolute atomic E-state index is 9.43. The summed E-state index contributed by atoms with van der Waals surface area (Å²) < 4.78 is 1.03. The molecule has 0 spiro atoms. The van der Waals surface area contributed by atoms with E-state index in [1.165, 1.54) is 11.3 Å². The van der Waals surface area contributed by atoms with Gasteiger partial charge in [-0.25, -0.2) is 4.98 Å². The van der Waals surface area contributed by atoms with E-state index in [4.69, 9.17) is 11.6 Å². The normalized spacial score (nSPS) is 11.3. The minimum Gasteiger partial charge on any atom is -0.235 e. The predicted molar refractivity (Wildman–Crippen MR) is 100 cm³/mol. The second-order valence-electron chi connectivity index (χ2n) is 4.77. The van der Waals surface area contributed by atoms with Crippen molar-refractivity contribution in [2.24, 2.45) is 0 Å². The van der Waals surface area contributed by atoms with Gasteiger partial charge in [-0.1, -0.05) is 51.8 Å². The zero-order valence-electron chi connectivity index (χ0n) is 11.8. The topological polar surface area (TPSA) is 36.7 Å². The SMILES string of the molecule is N#C/C(=C/c1ccc(Cl)cc1)c1nc(-c2ccc(Br)cc2)cs1. The summed E-state index contributed by atoms with van der Waals surface area (Å²) in [6.45, 7) is 0. The fraction of sp³-hybridized carbons (Fsp3) is 0. The van der Waals surface area contributed by atoms with Gasteiger partial charge in [0.25, 0.3) is 0 Å². The average Bonchev–Trinajstić information content (AvgIpc) is 3.05. The number of hydrogen-bond acceptors (Lipinski definition) is 3. The van der Waals surface area contributed by atoms with Crippen molar-refractivity contribution in [2.45, 2.75) is 0 Å². The number of nitrogens with zero attached hydrogens (tertiary/aromatic N) is 2. The van der Waals surface area contributed by atoms with Gasteiger partial charge >= 0.3 is 0 Å². The summed E-state index contributed by atoms with van der Waals surface area (Å²) >= 11 is 10.8. The first-order valence-corrected chi connectivity index (χ1v) is 8.80. The van der Waals surface area contributed by atoms with Crippen LogP contribution in [0.3, 0.4) is 0 Å². The minimum absolute atomic E-state index is 0.542. The van der Waals surface area contributed by atoms with E-state index >= 15 is 0 Å². The Bertz CT molecular complexity index is 890. The van der Waals surface area contributed by atoms with Gasteiger partial charge in [0.2, 0.25) is 0 Å². The maximum atomic E-state index is 9.43. The molecule has 5 heteroatoms. The molecule has 2 nitrogen and oxygen atoms in total. The summed E-state index contributed by atoms with van der Waals surface area (Å²) in [7, 11) is 0. The number of halogens is 2. The molecule has 0 aliphatic rings. The fourth-order valence-corrected chi connectivity index (χ4v) is 3.20. The molecule has 3 rings (SSSR count). The highest BCUT2D eigenvalue weighted by atomic mass is 79.9. The fourth-order valence-electron chi connectivity index (χ4n) is 2.02. The number of benzene rings is 2. The number of allylic oxidation sites excluding steroid dienone is 1. The maximum Gasteiger partial charge on any atom is 0.134 e. The number of hydrogen-bond donors (Lipinski definition) is 0. The Morgan fingerprint density at radius 2 is 1.83 bits per heavy atom. The molecule has 0 aliphatic heterocycles. The smallest absolute Gasteiger partial charge is 0.134 e. The van der Waals surface area contributed by atoms with Crippen LogP contribution >= 0.6 is 38.9 Å². The highest BCUT2D eigenvalue weighted by molar-refractivity contribution is 9.10. The Labute approximate surface area is 151 Å². The summed E-state index contributed by atoms with van der Waals surface area (Å²) in [5.41, 5.74) is 3.36. The van der Waals surface area contributed by atoms with E-state index in [9.17, 15) is 5.26 Å². The monoisotopic (exact) mass is 400 g/mol. The molecule has 23 heavy (non-hydrogen) atoms. The molecule has 0 aliphatic carbocycles. The van der Waals surface area contributed by atoms with E-state index in [0.29, 0.717) is 15.6 Å². The molecule has 0 saturated carbocycles. The van der Waals surface area contributed by atoms with Crippen LogP contribution < -0.4 is 0 Å². The van der Waals surface area contributed by atoms with Crippen LogP contribution in [0.2, 0.25) is 5.02 Å². The molecular weight excluding hydrogens is 392 g/mol. The van der Waals surface area contributed by atoms with E-state index < -0.39 is 0 Å². The van der Waals surface area contributed by atoms with Gasteiger partial charge in [0.05, 0.1) is 11.3 Å². The molecule has 1 aromatic heterocycles. The zero-order valence-corrected chi connectivity index (χ0v) is 15.0. The van der Waals surface area contributed by atoms with E-state index in [-0.39, 0.29) is 0 Å². The molecule has 0 amide bonds. The first kappa shape index (κ1) is 15.9. The van der Waals surface area contributed by atoms with Gasteiger partial charge in [-0.15, -0.1) is 11.3 Å². The molecule has 0 fully saturated rings. The first-order valence-electron chi connectivity index (χ1n) is 6.75. The summed E-state index contributed by atoms with van der Waals surface area (Å²) in [6, 6.07) is 17.5. The molecule has 0 atom stereocenters. The van der Waals surface area contributed by atoms with Crippen molar-refractivity contribution in [3.05, 3.63) is 74.0 Å². The van der Waals surface area contributed by atoms with Gasteiger partial charge in [0, 0.05) is 20.4 Å². The number of nitriles is 1. The zero-order chi connectivity index (χ0) is 16.2. The van der Waals surface area contributed by atoms with Crippen molar-refractivity contribution in [3.63, 3.8) is 0 Å². The van der Waals surface area contributed by atoms with Crippen molar-refractivity contribution in [2.75, 3.05) is 0 Å². The quantitative estimate of drug-likeness (QED) is 0.483. The Balaban J connectivity index is 1.92. The van der Waals surface area contributed by atoms with Crippen LogP contribution in [0, 0.1) is 11.3 Å². The third-order valence-electron chi connectivity index (χ3n) is 3.18. The average molecular weight is 402 g/mol. The van der Waals surface area contributed by atoms with Crippen LogP contribution in [-0.2, 0) is 0 Å². The third-order valence-corrected chi connectivity index (χ3v) is 4.83. The summed E-state index contributed by atoms with van der Waals surface area (Å²) in [5, 5.41) is 12.8. The van der Waals surface area contributed by atoms with Crippen LogP contribution in [0.1, 0.15) is 10.6 Å². The summed E-state index contributed by atoms with van der Waals surface area (Å²) in [5.74, 6) is 0. The van der Waals surface area contributed by atoms with Crippen molar-refractivity contribution in [3.8, 4) is 17.3 Å². The second kappa shape index (κ2) is 7.10. The minimum atomic E-state index is 0.542. The third kappa shape index (κ3) is 3.89. The summed E-state index contributed by atoms with van der Waals surface area (Å²) in [6.07, 6.45) is 1.82. The summed E-state index contributed by atoms with van der Waals surface area (Å²) in [4.78, 5) is 4.58. The van der Waals surface area contributed by atoms with Gasteiger partial charge in [-0.3, -0.25) is 0 Å². The van der Waals surface area contributed by atoms with Crippen LogP contribution in [0.15, 0.2) is 58.4 Å². The number of aromatic nitrogens is 1. The van der Waals surface area contributed by atoms with E-state index in [1.807, 2.05) is 47.9 Å². The van der Waals surface area contributed by atoms with Crippen LogP contribution in [0.5, 0.6) is 0 Å². The molecule has 112 valence electrons. The Kier molecular flexibility index (Phi) is 4.92. The van der Waals surface area contributed by atoms with Gasteiger partial charge in [-0.2, -0.15) is 5.26 Å². The number of rotatable bonds is 3. The first-order chi connectivity index (χ1) is 11.2. The molecule has 0 N–H and O–H groups in total. The van der Waals surface area contributed by atoms with Crippen molar-refractivity contribution in [1.29, 1.82) is 5.26 Å². The Morgan fingerprint density at radius 3 is 2.48 bits per heavy atom. The van der Waals surface area contributed by atoms with Crippen molar-refractivity contribution < 1.29 is 0 Å². The lowest BCUT2D eigenvalue weighted by Crippen LogP contribution is -1.83. The molecular formula is C18H10BrClN2S. The molecule has 2 aromatic carbocycles. The standard InChI is InChI=1S/C18H10BrClN2S/c19-15-5-3-13(4-6-15)17-11-23-18(22-17)14(10-21)9-12-1-7-16(20)8-2-12/h1-9,11H/b14-9-. The molecule has 0 radical (unpaired) electrons. The Hall–Kier alpha value is -1.93. The molecule has 1 heterocycles. The van der Waals surface area contributed by atoms with E-state index in [0.717, 1.165) is 21.3 Å². The van der Waals surface area contributed by atoms with Crippen LogP contribution in [0.25, 0.3) is 22.9 Å². The van der Waals surface area contributed by atoms with Crippen LogP contribution in [0.4, 0.5) is 0 Å². The largest absolute Gasteiger partial charge is 0.235 e. The Morgan fingerprint density at radius 1 is 1.13 bits per heavy atom. The van der Waals surface area contributed by atoms with E-state index in [1.54, 1.807) is 12.1 Å². The molecule has 0 saturated heterocycles. The lowest BCUT2D eigenvalue weighted by molar-refractivity contribution is 1.37. The van der Waals surface area contributed by atoms with Gasteiger partial charge in [0.1, 0.15) is 11.1 Å². The second-order valence-corrected chi connectivity index (χ2v) is 6.98. The highest BCUT2D eigenvalue weighted by Crippen LogP contribution is 2.28. The van der Waals surface area contributed by atoms with Crippen LogP contribution in [-0.4, -0.2) is 4.98 Å². The predicted octanol–water partition coefficient (Wildman–Crippen LogP) is 6.29. The number of thiazole rings is 1.